The standard InChI is InChI=1S/C25H17ClN4O3/c26-19-10-4-1-8-16(19)21-13-18(15-7-2-5-11-20(15)27-21)25(32)29-28-24(31)14-22-17-9-3-6-12-23(17)33-30-22/h1-13H,14H2,(H,28,31)(H,29,32). The number of para-hydroxylation sites is 2. The zero-order chi connectivity index (χ0) is 22.8. The van der Waals surface area contributed by atoms with E-state index in [1.165, 1.54) is 0 Å². The van der Waals surface area contributed by atoms with Crippen molar-refractivity contribution in [3.8, 4) is 11.3 Å². The number of amides is 2. The SMILES string of the molecule is O=C(Cc1noc2ccccc12)NNC(=O)c1cc(-c2ccccc2Cl)nc2ccccc12. The third kappa shape index (κ3) is 4.14. The van der Waals surface area contributed by atoms with Gasteiger partial charge in [-0.2, -0.15) is 0 Å². The summed E-state index contributed by atoms with van der Waals surface area (Å²) in [5.41, 5.74) is 8.30. The molecule has 5 aromatic rings. The molecule has 0 radical (unpaired) electrons. The monoisotopic (exact) mass is 456 g/mol. The first-order valence-corrected chi connectivity index (χ1v) is 10.5. The Morgan fingerprint density at radius 2 is 1.61 bits per heavy atom. The van der Waals surface area contributed by atoms with Gasteiger partial charge in [0, 0.05) is 21.4 Å². The average molecular weight is 457 g/mol. The second-order valence-corrected chi connectivity index (χ2v) is 7.76. The van der Waals surface area contributed by atoms with E-state index in [0.717, 1.165) is 5.39 Å². The fraction of sp³-hybridized carbons (Fsp3) is 0.0400. The Labute approximate surface area is 193 Å². The van der Waals surface area contributed by atoms with E-state index in [1.807, 2.05) is 54.6 Å². The molecule has 2 N–H and O–H groups in total. The van der Waals surface area contributed by atoms with E-state index in [1.54, 1.807) is 24.3 Å². The molecule has 0 aliphatic heterocycles. The highest BCUT2D eigenvalue weighted by molar-refractivity contribution is 6.33. The van der Waals surface area contributed by atoms with E-state index < -0.39 is 11.8 Å². The first-order valence-electron chi connectivity index (χ1n) is 10.2. The van der Waals surface area contributed by atoms with Crippen LogP contribution in [0.1, 0.15) is 16.1 Å². The number of hydrazine groups is 1. The van der Waals surface area contributed by atoms with Gasteiger partial charge in [0.1, 0.15) is 5.69 Å². The number of fused-ring (bicyclic) bond motifs is 2. The van der Waals surface area contributed by atoms with Gasteiger partial charge in [0.25, 0.3) is 5.91 Å². The lowest BCUT2D eigenvalue weighted by atomic mass is 10.0. The van der Waals surface area contributed by atoms with Crippen LogP contribution in [0, 0.1) is 0 Å². The lowest BCUT2D eigenvalue weighted by Crippen LogP contribution is -2.42. The molecule has 0 atom stereocenters. The van der Waals surface area contributed by atoms with Crippen molar-refractivity contribution in [2.45, 2.75) is 6.42 Å². The molecule has 2 aromatic heterocycles. The average Bonchev–Trinajstić information content (AvgIpc) is 3.25. The van der Waals surface area contributed by atoms with Crippen molar-refractivity contribution in [2.24, 2.45) is 0 Å². The first kappa shape index (κ1) is 20.7. The van der Waals surface area contributed by atoms with Crippen LogP contribution in [-0.2, 0) is 11.2 Å². The minimum absolute atomic E-state index is 0.0424. The number of hydrogen-bond acceptors (Lipinski definition) is 5. The van der Waals surface area contributed by atoms with Gasteiger partial charge in [-0.15, -0.1) is 0 Å². The molecule has 2 amide bonds. The summed E-state index contributed by atoms with van der Waals surface area (Å²) in [7, 11) is 0. The molecular weight excluding hydrogens is 440 g/mol. The Morgan fingerprint density at radius 3 is 2.45 bits per heavy atom. The van der Waals surface area contributed by atoms with Crippen molar-refractivity contribution < 1.29 is 14.1 Å². The molecule has 0 aliphatic rings. The fourth-order valence-corrected chi connectivity index (χ4v) is 3.86. The number of nitrogens with one attached hydrogen (secondary N) is 2. The maximum atomic E-state index is 13.0. The van der Waals surface area contributed by atoms with Gasteiger partial charge in [-0.3, -0.25) is 20.4 Å². The van der Waals surface area contributed by atoms with Crippen molar-refractivity contribution in [1.82, 2.24) is 21.0 Å². The maximum Gasteiger partial charge on any atom is 0.270 e. The first-order chi connectivity index (χ1) is 16.1. The second-order valence-electron chi connectivity index (χ2n) is 7.36. The Hall–Kier alpha value is -4.23. The number of nitrogens with zero attached hydrogens (tertiary/aromatic N) is 2. The molecule has 0 fully saturated rings. The molecule has 0 unspecified atom stereocenters. The van der Waals surface area contributed by atoms with Crippen LogP contribution >= 0.6 is 11.6 Å². The van der Waals surface area contributed by atoms with Crippen molar-refractivity contribution >= 4 is 45.3 Å². The molecule has 8 heteroatoms. The molecule has 2 heterocycles. The minimum atomic E-state index is -0.472. The van der Waals surface area contributed by atoms with E-state index in [2.05, 4.69) is 21.0 Å². The third-order valence-electron chi connectivity index (χ3n) is 5.21. The summed E-state index contributed by atoms with van der Waals surface area (Å²) >= 11 is 6.34. The number of aromatic nitrogens is 2. The number of hydrogen-bond donors (Lipinski definition) is 2. The Balaban J connectivity index is 1.39. The van der Waals surface area contributed by atoms with Crippen LogP contribution in [-0.4, -0.2) is 22.0 Å². The Bertz CT molecular complexity index is 1510. The molecule has 0 saturated carbocycles. The maximum absolute atomic E-state index is 13.0. The van der Waals surface area contributed by atoms with E-state index in [-0.39, 0.29) is 6.42 Å². The Morgan fingerprint density at radius 1 is 0.879 bits per heavy atom. The quantitative estimate of drug-likeness (QED) is 0.382. The van der Waals surface area contributed by atoms with E-state index in [0.29, 0.717) is 44.0 Å². The van der Waals surface area contributed by atoms with Gasteiger partial charge < -0.3 is 4.52 Å². The molecular formula is C25H17ClN4O3. The number of benzene rings is 3. The van der Waals surface area contributed by atoms with Crippen molar-refractivity contribution in [1.29, 1.82) is 0 Å². The lowest BCUT2D eigenvalue weighted by Gasteiger charge is -2.12. The van der Waals surface area contributed by atoms with Crippen LogP contribution in [0.4, 0.5) is 0 Å². The molecule has 0 bridgehead atoms. The van der Waals surface area contributed by atoms with Crippen LogP contribution in [0.2, 0.25) is 5.02 Å². The number of rotatable bonds is 4. The number of halogens is 1. The Kier molecular flexibility index (Phi) is 5.46. The predicted octanol–water partition coefficient (Wildman–Crippen LogP) is 4.70. The summed E-state index contributed by atoms with van der Waals surface area (Å²) in [6.45, 7) is 0. The van der Waals surface area contributed by atoms with E-state index in [9.17, 15) is 9.59 Å². The lowest BCUT2D eigenvalue weighted by molar-refractivity contribution is -0.121. The molecule has 0 saturated heterocycles. The van der Waals surface area contributed by atoms with Gasteiger partial charge in [0.15, 0.2) is 5.58 Å². The van der Waals surface area contributed by atoms with Gasteiger partial charge in [-0.05, 0) is 30.3 Å². The molecule has 162 valence electrons. The summed E-state index contributed by atoms with van der Waals surface area (Å²) < 4.78 is 5.22. The summed E-state index contributed by atoms with van der Waals surface area (Å²) in [4.78, 5) is 30.1. The van der Waals surface area contributed by atoms with E-state index >= 15 is 0 Å². The smallest absolute Gasteiger partial charge is 0.270 e. The van der Waals surface area contributed by atoms with E-state index in [4.69, 9.17) is 16.1 Å². The summed E-state index contributed by atoms with van der Waals surface area (Å²) in [6.07, 6.45) is -0.0424. The highest BCUT2D eigenvalue weighted by Crippen LogP contribution is 2.29. The molecule has 5 rings (SSSR count). The van der Waals surface area contributed by atoms with Crippen LogP contribution in [0.5, 0.6) is 0 Å². The molecule has 0 spiro atoms. The van der Waals surface area contributed by atoms with Crippen LogP contribution < -0.4 is 10.9 Å². The third-order valence-corrected chi connectivity index (χ3v) is 5.54. The van der Waals surface area contributed by atoms with Gasteiger partial charge in [-0.1, -0.05) is 65.3 Å². The van der Waals surface area contributed by atoms with Crippen molar-refractivity contribution in [3.05, 3.63) is 95.1 Å². The van der Waals surface area contributed by atoms with Gasteiger partial charge in [0.05, 0.1) is 23.2 Å². The topological polar surface area (TPSA) is 97.1 Å². The fourth-order valence-electron chi connectivity index (χ4n) is 3.63. The summed E-state index contributed by atoms with van der Waals surface area (Å²) in [5.74, 6) is -0.896. The summed E-state index contributed by atoms with van der Waals surface area (Å²) in [5, 5.41) is 5.88. The molecule has 33 heavy (non-hydrogen) atoms. The number of pyridine rings is 1. The normalized spacial score (nSPS) is 10.9. The highest BCUT2D eigenvalue weighted by atomic mass is 35.5. The van der Waals surface area contributed by atoms with Gasteiger partial charge in [-0.25, -0.2) is 4.98 Å². The molecule has 3 aromatic carbocycles. The minimum Gasteiger partial charge on any atom is -0.356 e. The second kappa shape index (κ2) is 8.72. The molecule has 7 nitrogen and oxygen atoms in total. The number of carbonyl (C=O) groups excluding carboxylic acids is 2. The van der Waals surface area contributed by atoms with Gasteiger partial charge in [0.2, 0.25) is 5.91 Å². The van der Waals surface area contributed by atoms with Crippen molar-refractivity contribution in [2.75, 3.05) is 0 Å². The van der Waals surface area contributed by atoms with Crippen molar-refractivity contribution in [3.63, 3.8) is 0 Å². The molecule has 0 aliphatic carbocycles. The summed E-state index contributed by atoms with van der Waals surface area (Å²) in [6, 6.07) is 23.5. The number of carbonyl (C=O) groups is 2. The van der Waals surface area contributed by atoms with Crippen LogP contribution in [0.25, 0.3) is 33.1 Å². The largest absolute Gasteiger partial charge is 0.356 e. The zero-order valence-electron chi connectivity index (χ0n) is 17.2. The van der Waals surface area contributed by atoms with Crippen LogP contribution in [0.15, 0.2) is 83.4 Å². The predicted molar refractivity (Wildman–Crippen MR) is 126 cm³/mol. The zero-order valence-corrected chi connectivity index (χ0v) is 18.0. The highest BCUT2D eigenvalue weighted by Gasteiger charge is 2.17. The van der Waals surface area contributed by atoms with Gasteiger partial charge >= 0.3 is 0 Å². The van der Waals surface area contributed by atoms with Crippen LogP contribution in [0.3, 0.4) is 0 Å².